The fraction of sp³-hybridized carbons (Fsp3) is 0.150. The zero-order chi connectivity index (χ0) is 20.3. The van der Waals surface area contributed by atoms with Crippen LogP contribution >= 0.6 is 0 Å². The van der Waals surface area contributed by atoms with Crippen molar-refractivity contribution in [3.8, 4) is 22.8 Å². The number of nitrogens with zero attached hydrogens (tertiary/aromatic N) is 1. The molecule has 0 spiro atoms. The molecule has 1 N–H and O–H groups in total. The molecule has 2 aromatic carbocycles. The van der Waals surface area contributed by atoms with E-state index in [1.54, 1.807) is 36.4 Å². The molecule has 3 aromatic rings. The minimum atomic E-state index is -0.476. The van der Waals surface area contributed by atoms with E-state index in [9.17, 15) is 14.9 Å². The van der Waals surface area contributed by atoms with E-state index >= 15 is 0 Å². The van der Waals surface area contributed by atoms with Crippen LogP contribution in [0, 0.1) is 17.0 Å². The Kier molecular flexibility index (Phi) is 5.30. The molecule has 1 amide bonds. The van der Waals surface area contributed by atoms with E-state index in [1.807, 2.05) is 6.92 Å². The monoisotopic (exact) mass is 382 g/mol. The molecule has 0 saturated heterocycles. The Morgan fingerprint density at radius 3 is 2.29 bits per heavy atom. The van der Waals surface area contributed by atoms with Crippen LogP contribution in [0.2, 0.25) is 0 Å². The van der Waals surface area contributed by atoms with Crippen molar-refractivity contribution in [2.75, 3.05) is 19.5 Å². The molecule has 0 radical (unpaired) electrons. The van der Waals surface area contributed by atoms with Gasteiger partial charge in [0.05, 0.1) is 19.1 Å². The van der Waals surface area contributed by atoms with Crippen LogP contribution in [0.5, 0.6) is 11.5 Å². The van der Waals surface area contributed by atoms with Crippen molar-refractivity contribution in [2.45, 2.75) is 6.92 Å². The third-order valence-corrected chi connectivity index (χ3v) is 4.17. The fourth-order valence-corrected chi connectivity index (χ4v) is 2.66. The number of nitrogens with one attached hydrogen (secondary N) is 1. The van der Waals surface area contributed by atoms with E-state index in [-0.39, 0.29) is 11.4 Å². The molecule has 0 aliphatic carbocycles. The molecular weight excluding hydrogens is 364 g/mol. The summed E-state index contributed by atoms with van der Waals surface area (Å²) in [7, 11) is 3.06. The number of anilines is 1. The highest BCUT2D eigenvalue weighted by Gasteiger charge is 2.16. The SMILES string of the molecule is COc1cc(C)c(NC(=O)c2ccc(-c3ccc([N+](=O)[O-])cc3)o2)cc1OC. The molecule has 1 aromatic heterocycles. The molecule has 28 heavy (non-hydrogen) atoms. The highest BCUT2D eigenvalue weighted by Crippen LogP contribution is 2.33. The van der Waals surface area contributed by atoms with Gasteiger partial charge in [-0.15, -0.1) is 0 Å². The van der Waals surface area contributed by atoms with Gasteiger partial charge in [-0.1, -0.05) is 0 Å². The smallest absolute Gasteiger partial charge is 0.291 e. The third-order valence-electron chi connectivity index (χ3n) is 4.17. The summed E-state index contributed by atoms with van der Waals surface area (Å²) in [6.45, 7) is 1.84. The number of nitro benzene ring substituents is 1. The second kappa shape index (κ2) is 7.83. The molecular formula is C20H18N2O6. The molecule has 0 atom stereocenters. The first-order valence-corrected chi connectivity index (χ1v) is 8.31. The molecule has 8 heteroatoms. The molecule has 0 unspecified atom stereocenters. The molecule has 144 valence electrons. The first-order chi connectivity index (χ1) is 13.4. The molecule has 0 fully saturated rings. The maximum atomic E-state index is 12.5. The Morgan fingerprint density at radius 2 is 1.68 bits per heavy atom. The Labute approximate surface area is 160 Å². The topological polar surface area (TPSA) is 104 Å². The van der Waals surface area contributed by atoms with Gasteiger partial charge < -0.3 is 19.2 Å². The molecule has 3 rings (SSSR count). The quantitative estimate of drug-likeness (QED) is 0.499. The molecule has 0 aliphatic heterocycles. The fourth-order valence-electron chi connectivity index (χ4n) is 2.66. The highest BCUT2D eigenvalue weighted by atomic mass is 16.6. The Morgan fingerprint density at radius 1 is 1.04 bits per heavy atom. The van der Waals surface area contributed by atoms with Crippen LogP contribution in [-0.2, 0) is 0 Å². The van der Waals surface area contributed by atoms with Gasteiger partial charge in [-0.25, -0.2) is 0 Å². The van der Waals surface area contributed by atoms with Crippen molar-refractivity contribution in [1.29, 1.82) is 0 Å². The van der Waals surface area contributed by atoms with Crippen molar-refractivity contribution in [3.05, 3.63) is 70.0 Å². The Balaban J connectivity index is 1.80. The second-order valence-corrected chi connectivity index (χ2v) is 5.94. The van der Waals surface area contributed by atoms with Gasteiger partial charge in [0.25, 0.3) is 11.6 Å². The summed E-state index contributed by atoms with van der Waals surface area (Å²) in [6, 6.07) is 12.5. The van der Waals surface area contributed by atoms with Crippen LogP contribution < -0.4 is 14.8 Å². The maximum Gasteiger partial charge on any atom is 0.291 e. The zero-order valence-corrected chi connectivity index (χ0v) is 15.5. The van der Waals surface area contributed by atoms with E-state index in [0.717, 1.165) is 5.56 Å². The molecule has 0 aliphatic rings. The van der Waals surface area contributed by atoms with Crippen molar-refractivity contribution in [2.24, 2.45) is 0 Å². The summed E-state index contributed by atoms with van der Waals surface area (Å²) in [4.78, 5) is 22.8. The minimum Gasteiger partial charge on any atom is -0.493 e. The van der Waals surface area contributed by atoms with Crippen LogP contribution in [0.3, 0.4) is 0 Å². The van der Waals surface area contributed by atoms with Crippen molar-refractivity contribution >= 4 is 17.3 Å². The lowest BCUT2D eigenvalue weighted by Crippen LogP contribution is -2.12. The summed E-state index contributed by atoms with van der Waals surface area (Å²) < 4.78 is 16.1. The van der Waals surface area contributed by atoms with Gasteiger partial charge in [0.2, 0.25) is 0 Å². The number of carbonyl (C=O) groups excluding carboxylic acids is 1. The standard InChI is InChI=1S/C20H18N2O6/c1-12-10-18(26-2)19(27-3)11-15(12)21-20(23)17-9-8-16(28-17)13-4-6-14(7-5-13)22(24)25/h4-11H,1-3H3,(H,21,23). The average molecular weight is 382 g/mol. The number of carbonyl (C=O) groups is 1. The largest absolute Gasteiger partial charge is 0.493 e. The molecule has 0 bridgehead atoms. The van der Waals surface area contributed by atoms with Gasteiger partial charge in [0.1, 0.15) is 5.76 Å². The van der Waals surface area contributed by atoms with Crippen LogP contribution in [-0.4, -0.2) is 25.1 Å². The van der Waals surface area contributed by atoms with Gasteiger partial charge in [0.15, 0.2) is 17.3 Å². The maximum absolute atomic E-state index is 12.5. The number of ether oxygens (including phenoxy) is 2. The predicted octanol–water partition coefficient (Wildman–Crippen LogP) is 4.43. The lowest BCUT2D eigenvalue weighted by Gasteiger charge is -2.13. The van der Waals surface area contributed by atoms with Gasteiger partial charge in [-0.05, 0) is 42.8 Å². The number of furan rings is 1. The van der Waals surface area contributed by atoms with Crippen LogP contribution in [0.15, 0.2) is 52.9 Å². The number of methoxy groups -OCH3 is 2. The van der Waals surface area contributed by atoms with E-state index < -0.39 is 10.8 Å². The minimum absolute atomic E-state index is 0.0165. The summed E-state index contributed by atoms with van der Waals surface area (Å²) >= 11 is 0. The van der Waals surface area contributed by atoms with E-state index in [4.69, 9.17) is 13.9 Å². The third kappa shape index (κ3) is 3.80. The summed E-state index contributed by atoms with van der Waals surface area (Å²) in [6.07, 6.45) is 0. The number of aryl methyl sites for hydroxylation is 1. The first-order valence-electron chi connectivity index (χ1n) is 8.31. The average Bonchev–Trinajstić information content (AvgIpc) is 3.19. The zero-order valence-electron chi connectivity index (χ0n) is 15.5. The van der Waals surface area contributed by atoms with Crippen LogP contribution in [0.1, 0.15) is 16.1 Å². The Bertz CT molecular complexity index is 1020. The number of hydrogen-bond donors (Lipinski definition) is 1. The normalized spacial score (nSPS) is 10.4. The van der Waals surface area contributed by atoms with Gasteiger partial charge in [-0.3, -0.25) is 14.9 Å². The summed E-state index contributed by atoms with van der Waals surface area (Å²) in [5.41, 5.74) is 1.98. The number of benzene rings is 2. The number of amides is 1. The molecule has 8 nitrogen and oxygen atoms in total. The lowest BCUT2D eigenvalue weighted by molar-refractivity contribution is -0.384. The van der Waals surface area contributed by atoms with Crippen LogP contribution in [0.25, 0.3) is 11.3 Å². The predicted molar refractivity (Wildman–Crippen MR) is 103 cm³/mol. The van der Waals surface area contributed by atoms with Crippen LogP contribution in [0.4, 0.5) is 11.4 Å². The number of nitro groups is 1. The first kappa shape index (κ1) is 19.0. The van der Waals surface area contributed by atoms with E-state index in [0.29, 0.717) is 28.5 Å². The number of non-ortho nitro benzene ring substituents is 1. The van der Waals surface area contributed by atoms with Gasteiger partial charge in [0, 0.05) is 29.4 Å². The number of rotatable bonds is 6. The van der Waals surface area contributed by atoms with Gasteiger partial charge in [-0.2, -0.15) is 0 Å². The molecule has 1 heterocycles. The summed E-state index contributed by atoms with van der Waals surface area (Å²) in [5, 5.41) is 13.5. The highest BCUT2D eigenvalue weighted by molar-refractivity contribution is 6.03. The van der Waals surface area contributed by atoms with E-state index in [2.05, 4.69) is 5.32 Å². The van der Waals surface area contributed by atoms with Crippen molar-refractivity contribution < 1.29 is 23.6 Å². The summed E-state index contributed by atoms with van der Waals surface area (Å²) in [5.74, 6) is 1.18. The van der Waals surface area contributed by atoms with E-state index in [1.165, 1.54) is 26.4 Å². The lowest BCUT2D eigenvalue weighted by atomic mass is 10.1. The van der Waals surface area contributed by atoms with Crippen molar-refractivity contribution in [1.82, 2.24) is 0 Å². The second-order valence-electron chi connectivity index (χ2n) is 5.94. The molecule has 0 saturated carbocycles. The van der Waals surface area contributed by atoms with Gasteiger partial charge >= 0.3 is 0 Å². The number of hydrogen-bond acceptors (Lipinski definition) is 6. The van der Waals surface area contributed by atoms with Crippen molar-refractivity contribution in [3.63, 3.8) is 0 Å². The Hall–Kier alpha value is -3.81.